The van der Waals surface area contributed by atoms with Crippen LogP contribution in [0.15, 0.2) is 42.5 Å². The van der Waals surface area contributed by atoms with Crippen LogP contribution in [0.1, 0.15) is 80.5 Å². The molecule has 1 amide bonds. The molecule has 4 nitrogen and oxygen atoms in total. The number of nitrogens with zero attached hydrogens (tertiary/aromatic N) is 1. The Kier molecular flexibility index (Phi) is 6.36. The minimum absolute atomic E-state index is 0.0515. The maximum absolute atomic E-state index is 14.9. The van der Waals surface area contributed by atoms with Crippen molar-refractivity contribution in [2.24, 2.45) is 10.8 Å². The molecule has 7 rings (SSSR count). The number of amides is 1. The second-order valence-corrected chi connectivity index (χ2v) is 13.0. The lowest BCUT2D eigenvalue weighted by Gasteiger charge is -2.52. The van der Waals surface area contributed by atoms with Crippen molar-refractivity contribution in [3.63, 3.8) is 0 Å². The van der Waals surface area contributed by atoms with E-state index in [1.165, 1.54) is 24.3 Å². The van der Waals surface area contributed by atoms with Crippen LogP contribution in [-0.2, 0) is 33.5 Å². The van der Waals surface area contributed by atoms with Gasteiger partial charge in [-0.1, -0.05) is 30.3 Å². The van der Waals surface area contributed by atoms with E-state index in [2.05, 4.69) is 0 Å². The average Bonchev–Trinajstić information content (AvgIpc) is 3.33. The molecule has 1 heterocycles. The van der Waals surface area contributed by atoms with Crippen LogP contribution in [-0.4, -0.2) is 40.6 Å². The number of likely N-dealkylation sites (tertiary alicyclic amines) is 1. The third-order valence-corrected chi connectivity index (χ3v) is 11.1. The Hall–Kier alpha value is -2.97. The van der Waals surface area contributed by atoms with Gasteiger partial charge in [0.05, 0.1) is 5.41 Å². The molecule has 3 saturated carbocycles. The third kappa shape index (κ3) is 4.20. The number of hydrogen-bond donors (Lipinski definition) is 1. The van der Waals surface area contributed by atoms with Crippen LogP contribution in [0, 0.1) is 16.6 Å². The Morgan fingerprint density at radius 1 is 0.927 bits per heavy atom. The molecular weight excluding hydrogens is 541 g/mol. The molecule has 3 atom stereocenters. The summed E-state index contributed by atoms with van der Waals surface area (Å²) in [6, 6.07) is 10.1. The second kappa shape index (κ2) is 9.27. The standard InChI is InChI=1S/C32H34F5NO3/c1-28(34,32(35,36)37)22-5-8-24-21(18-22)4-9-25-31(24,19-20-2-6-23(33)7-3-20)16-17-38(25)26(39)29-10-13-30(14-11-29,15-12-29)27(40)41/h2-3,5-8,18,25H,4,9-17,19H2,1H3,(H,40,41)/t25-,28?,29?,30?,31-/m1/s1. The maximum atomic E-state index is 14.9. The lowest BCUT2D eigenvalue weighted by molar-refractivity contribution is -0.228. The minimum Gasteiger partial charge on any atom is -0.481 e. The molecule has 1 unspecified atom stereocenters. The number of aryl methyl sites for hydroxylation is 1. The lowest BCUT2D eigenvalue weighted by Crippen LogP contribution is -2.56. The van der Waals surface area contributed by atoms with Crippen molar-refractivity contribution in [1.29, 1.82) is 0 Å². The number of alkyl halides is 4. The zero-order valence-corrected chi connectivity index (χ0v) is 23.0. The van der Waals surface area contributed by atoms with E-state index in [1.54, 1.807) is 18.2 Å². The van der Waals surface area contributed by atoms with Crippen LogP contribution in [0.2, 0.25) is 0 Å². The smallest absolute Gasteiger partial charge is 0.426 e. The first kappa shape index (κ1) is 28.2. The van der Waals surface area contributed by atoms with Crippen LogP contribution in [0.3, 0.4) is 0 Å². The Morgan fingerprint density at radius 3 is 2.12 bits per heavy atom. The van der Waals surface area contributed by atoms with E-state index in [4.69, 9.17) is 0 Å². The summed E-state index contributed by atoms with van der Waals surface area (Å²) >= 11 is 0. The Morgan fingerprint density at radius 2 is 1.54 bits per heavy atom. The molecule has 0 radical (unpaired) electrons. The summed E-state index contributed by atoms with van der Waals surface area (Å²) < 4.78 is 69.3. The summed E-state index contributed by atoms with van der Waals surface area (Å²) in [6.07, 6.45) is -0.00174. The minimum atomic E-state index is -5.06. The molecule has 5 aliphatic rings. The van der Waals surface area contributed by atoms with Gasteiger partial charge in [-0.15, -0.1) is 0 Å². The monoisotopic (exact) mass is 575 g/mol. The van der Waals surface area contributed by atoms with E-state index in [9.17, 15) is 36.6 Å². The quantitative estimate of drug-likeness (QED) is 0.390. The highest BCUT2D eigenvalue weighted by Gasteiger charge is 2.60. The number of carboxylic acids is 1. The van der Waals surface area contributed by atoms with Crippen molar-refractivity contribution in [3.05, 3.63) is 70.5 Å². The summed E-state index contributed by atoms with van der Waals surface area (Å²) in [5, 5.41) is 9.80. The lowest BCUT2D eigenvalue weighted by atomic mass is 9.53. The van der Waals surface area contributed by atoms with E-state index in [-0.39, 0.29) is 17.8 Å². The normalized spacial score (nSPS) is 32.2. The van der Waals surface area contributed by atoms with E-state index in [0.717, 1.165) is 11.1 Å². The number of halogens is 5. The van der Waals surface area contributed by atoms with Gasteiger partial charge in [0.15, 0.2) is 0 Å². The Labute approximate surface area is 235 Å². The molecule has 4 aliphatic carbocycles. The fourth-order valence-electron chi connectivity index (χ4n) is 8.36. The van der Waals surface area contributed by atoms with Gasteiger partial charge in [-0.3, -0.25) is 9.59 Å². The summed E-state index contributed by atoms with van der Waals surface area (Å²) in [6.45, 7) is 1.01. The number of hydrogen-bond acceptors (Lipinski definition) is 2. The fraction of sp³-hybridized carbons (Fsp3) is 0.562. The molecule has 9 heteroatoms. The number of carbonyl (C=O) groups excluding carboxylic acids is 1. The summed E-state index contributed by atoms with van der Waals surface area (Å²) in [5.74, 6) is -1.10. The van der Waals surface area contributed by atoms with Crippen LogP contribution in [0.4, 0.5) is 22.0 Å². The van der Waals surface area contributed by atoms with E-state index in [1.807, 2.05) is 4.90 Å². The number of fused-ring (bicyclic) bond motifs is 6. The van der Waals surface area contributed by atoms with Crippen molar-refractivity contribution in [1.82, 2.24) is 4.90 Å². The maximum Gasteiger partial charge on any atom is 0.426 e. The van der Waals surface area contributed by atoms with E-state index in [0.29, 0.717) is 83.2 Å². The van der Waals surface area contributed by atoms with Crippen molar-refractivity contribution in [2.75, 3.05) is 6.54 Å². The molecular formula is C32H34F5NO3. The summed E-state index contributed by atoms with van der Waals surface area (Å²) in [5.41, 5.74) is -3.53. The van der Waals surface area contributed by atoms with Gasteiger partial charge in [-0.2, -0.15) is 13.2 Å². The van der Waals surface area contributed by atoms with Gasteiger partial charge < -0.3 is 10.0 Å². The van der Waals surface area contributed by atoms with Crippen molar-refractivity contribution in [2.45, 2.75) is 94.4 Å². The predicted octanol–water partition coefficient (Wildman–Crippen LogP) is 7.03. The van der Waals surface area contributed by atoms with E-state index < -0.39 is 39.6 Å². The van der Waals surface area contributed by atoms with Gasteiger partial charge in [-0.05, 0) is 106 Å². The van der Waals surface area contributed by atoms with Crippen LogP contribution in [0.25, 0.3) is 0 Å². The molecule has 1 N–H and O–H groups in total. The number of benzene rings is 2. The van der Waals surface area contributed by atoms with Gasteiger partial charge in [0.2, 0.25) is 11.6 Å². The van der Waals surface area contributed by atoms with Crippen molar-refractivity contribution < 1.29 is 36.6 Å². The number of rotatable bonds is 5. The first-order valence-electron chi connectivity index (χ1n) is 14.4. The first-order chi connectivity index (χ1) is 19.2. The highest BCUT2D eigenvalue weighted by atomic mass is 19.4. The molecule has 41 heavy (non-hydrogen) atoms. The molecule has 2 bridgehead atoms. The molecule has 2 aromatic carbocycles. The van der Waals surface area contributed by atoms with Crippen LogP contribution in [0.5, 0.6) is 0 Å². The molecule has 4 fully saturated rings. The Balaban J connectivity index is 1.37. The molecule has 1 saturated heterocycles. The predicted molar refractivity (Wildman–Crippen MR) is 141 cm³/mol. The topological polar surface area (TPSA) is 57.6 Å². The average molecular weight is 576 g/mol. The second-order valence-electron chi connectivity index (χ2n) is 13.0. The largest absolute Gasteiger partial charge is 0.481 e. The van der Waals surface area contributed by atoms with Gasteiger partial charge in [0.25, 0.3) is 0 Å². The zero-order valence-electron chi connectivity index (χ0n) is 23.0. The zero-order chi connectivity index (χ0) is 29.4. The Bertz CT molecular complexity index is 1360. The number of aliphatic carboxylic acids is 1. The summed E-state index contributed by atoms with van der Waals surface area (Å²) in [7, 11) is 0. The number of carboxylic acid groups (broad SMARTS) is 1. The number of carbonyl (C=O) groups is 2. The molecule has 1 aliphatic heterocycles. The highest BCUT2D eigenvalue weighted by molar-refractivity contribution is 5.86. The molecule has 2 aromatic rings. The molecule has 0 spiro atoms. The molecule has 220 valence electrons. The van der Waals surface area contributed by atoms with Gasteiger partial charge in [-0.25, -0.2) is 8.78 Å². The van der Waals surface area contributed by atoms with Crippen molar-refractivity contribution >= 4 is 11.9 Å². The van der Waals surface area contributed by atoms with E-state index >= 15 is 0 Å². The van der Waals surface area contributed by atoms with Crippen LogP contribution < -0.4 is 0 Å². The SMILES string of the molecule is CC(F)(c1ccc2c(c1)CC[C@H]1N(C(=O)C34CCC(C(=O)O)(CC3)CC4)CC[C@@]21Cc1ccc(F)cc1)C(F)(F)F. The highest BCUT2D eigenvalue weighted by Crippen LogP contribution is 2.59. The van der Waals surface area contributed by atoms with Crippen molar-refractivity contribution in [3.8, 4) is 0 Å². The molecule has 0 aromatic heterocycles. The first-order valence-corrected chi connectivity index (χ1v) is 14.4. The summed E-state index contributed by atoms with van der Waals surface area (Å²) in [4.78, 5) is 28.2. The fourth-order valence-corrected chi connectivity index (χ4v) is 8.36. The van der Waals surface area contributed by atoms with Crippen LogP contribution >= 0.6 is 0 Å². The van der Waals surface area contributed by atoms with Gasteiger partial charge in [0.1, 0.15) is 5.82 Å². The van der Waals surface area contributed by atoms with Gasteiger partial charge in [0, 0.05) is 23.4 Å². The van der Waals surface area contributed by atoms with Gasteiger partial charge >= 0.3 is 12.1 Å². The third-order valence-electron chi connectivity index (χ3n) is 11.1.